The monoisotopic (exact) mass is 352 g/mol. The third-order valence-corrected chi connectivity index (χ3v) is 3.87. The van der Waals surface area contributed by atoms with Gasteiger partial charge in [-0.25, -0.2) is 0 Å². The van der Waals surface area contributed by atoms with Crippen molar-refractivity contribution in [1.82, 2.24) is 0 Å². The zero-order chi connectivity index (χ0) is 18.4. The van der Waals surface area contributed by atoms with Gasteiger partial charge < -0.3 is 9.84 Å². The minimum absolute atomic E-state index is 0.363. The van der Waals surface area contributed by atoms with E-state index in [0.717, 1.165) is 6.92 Å². The summed E-state index contributed by atoms with van der Waals surface area (Å²) in [6, 6.07) is 0. The number of alkyl halides is 7. The Kier molecular flexibility index (Phi) is 4.72. The summed E-state index contributed by atoms with van der Waals surface area (Å²) in [6.45, 7) is 3.29. The van der Waals surface area contributed by atoms with E-state index < -0.39 is 53.6 Å². The predicted octanol–water partition coefficient (Wildman–Crippen LogP) is 4.10. The maximum atomic E-state index is 13.7. The molecule has 0 aliphatic heterocycles. The molecule has 1 saturated carbocycles. The highest BCUT2D eigenvalue weighted by atomic mass is 19.4. The smallest absolute Gasteiger partial charge is 0.460 e. The zero-order valence-corrected chi connectivity index (χ0v) is 12.3. The molecule has 1 aliphatic rings. The molecule has 1 aliphatic carbocycles. The van der Waals surface area contributed by atoms with E-state index in [2.05, 4.69) is 4.74 Å². The number of rotatable bonds is 6. The van der Waals surface area contributed by atoms with Crippen LogP contribution in [0.3, 0.4) is 0 Å². The number of carboxylic acid groups (broad SMARTS) is 1. The van der Waals surface area contributed by atoms with Crippen LogP contribution >= 0.6 is 0 Å². The lowest BCUT2D eigenvalue weighted by Gasteiger charge is -2.29. The molecule has 0 bridgehead atoms. The largest absolute Gasteiger partial charge is 0.492 e. The van der Waals surface area contributed by atoms with Crippen LogP contribution < -0.4 is 0 Å². The Labute approximate surface area is 127 Å². The Balaban J connectivity index is 3.27. The van der Waals surface area contributed by atoms with E-state index in [4.69, 9.17) is 5.11 Å². The number of hydrogen-bond donors (Lipinski definition) is 1. The van der Waals surface area contributed by atoms with Gasteiger partial charge in [-0.1, -0.05) is 13.8 Å². The fourth-order valence-electron chi connectivity index (χ4n) is 2.36. The fraction of sp³-hybridized carbons (Fsp3) is 0.769. The quantitative estimate of drug-likeness (QED) is 0.578. The van der Waals surface area contributed by atoms with Gasteiger partial charge in [0.15, 0.2) is 5.76 Å². The number of carbonyl (C=O) groups is 1. The van der Waals surface area contributed by atoms with Crippen LogP contribution in [0.2, 0.25) is 0 Å². The van der Waals surface area contributed by atoms with E-state index in [-0.39, 0.29) is 0 Å². The number of aliphatic carboxylic acids is 1. The molecule has 0 spiro atoms. The summed E-state index contributed by atoms with van der Waals surface area (Å²) >= 11 is 0. The Morgan fingerprint density at radius 1 is 1.17 bits per heavy atom. The molecule has 23 heavy (non-hydrogen) atoms. The molecule has 3 nitrogen and oxygen atoms in total. The number of carboxylic acids is 1. The van der Waals surface area contributed by atoms with Gasteiger partial charge in [0.25, 0.3) is 0 Å². The van der Waals surface area contributed by atoms with E-state index in [1.807, 2.05) is 0 Å². The number of allylic oxidation sites excluding steroid dienone is 2. The summed E-state index contributed by atoms with van der Waals surface area (Å²) < 4.78 is 94.6. The number of halogens is 7. The molecule has 2 atom stereocenters. The van der Waals surface area contributed by atoms with Crippen molar-refractivity contribution in [2.24, 2.45) is 17.3 Å². The minimum atomic E-state index is -6.49. The average Bonchev–Trinajstić information content (AvgIpc) is 2.88. The SMILES string of the molecule is CCOC(=CC1C(C(=O)O)C1(C)C)C(F)(F)C(F)(F)C(F)(F)F. The van der Waals surface area contributed by atoms with Crippen LogP contribution in [0.4, 0.5) is 30.7 Å². The lowest BCUT2D eigenvalue weighted by Crippen LogP contribution is -2.53. The van der Waals surface area contributed by atoms with E-state index >= 15 is 0 Å². The summed E-state index contributed by atoms with van der Waals surface area (Å²) in [6.07, 6.45) is -6.13. The molecule has 0 aromatic heterocycles. The second kappa shape index (κ2) is 5.55. The van der Waals surface area contributed by atoms with Gasteiger partial charge in [-0.2, -0.15) is 30.7 Å². The van der Waals surface area contributed by atoms with Gasteiger partial charge in [-0.3, -0.25) is 4.79 Å². The van der Waals surface area contributed by atoms with Crippen LogP contribution in [0.25, 0.3) is 0 Å². The maximum absolute atomic E-state index is 13.7. The van der Waals surface area contributed by atoms with Gasteiger partial charge in [0.2, 0.25) is 0 Å². The zero-order valence-electron chi connectivity index (χ0n) is 12.3. The second-order valence-electron chi connectivity index (χ2n) is 5.77. The first-order chi connectivity index (χ1) is 10.1. The Morgan fingerprint density at radius 2 is 1.65 bits per heavy atom. The first-order valence-corrected chi connectivity index (χ1v) is 6.52. The van der Waals surface area contributed by atoms with Crippen LogP contribution in [-0.2, 0) is 9.53 Å². The summed E-state index contributed by atoms with van der Waals surface area (Å²) in [5.74, 6) is -17.5. The lowest BCUT2D eigenvalue weighted by atomic mass is 10.0. The molecule has 0 aromatic rings. The van der Waals surface area contributed by atoms with Crippen molar-refractivity contribution in [2.75, 3.05) is 6.61 Å². The standard InChI is InChI=1S/C13H15F7O3/c1-4-23-7(5-6-8(9(21)22)10(6,2)3)11(14,15)12(16,17)13(18,19)20/h5-6,8H,4H2,1-3H3,(H,21,22). The molecular formula is C13H15F7O3. The van der Waals surface area contributed by atoms with Gasteiger partial charge in [0.05, 0.1) is 12.5 Å². The van der Waals surface area contributed by atoms with Gasteiger partial charge in [-0.15, -0.1) is 0 Å². The normalized spacial score (nSPS) is 25.2. The minimum Gasteiger partial charge on any atom is -0.492 e. The van der Waals surface area contributed by atoms with Gasteiger partial charge in [-0.05, 0) is 18.4 Å². The molecule has 1 fully saturated rings. The highest BCUT2D eigenvalue weighted by molar-refractivity contribution is 5.76. The van der Waals surface area contributed by atoms with Gasteiger partial charge >= 0.3 is 24.0 Å². The summed E-state index contributed by atoms with van der Waals surface area (Å²) in [5, 5.41) is 8.91. The molecule has 2 unspecified atom stereocenters. The maximum Gasteiger partial charge on any atom is 0.460 e. The molecule has 0 amide bonds. The molecule has 1 rings (SSSR count). The van der Waals surface area contributed by atoms with Crippen LogP contribution in [0, 0.1) is 17.3 Å². The first kappa shape index (κ1) is 19.6. The summed E-state index contributed by atoms with van der Waals surface area (Å²) in [4.78, 5) is 10.9. The van der Waals surface area contributed by atoms with Crippen LogP contribution in [0.15, 0.2) is 11.8 Å². The summed E-state index contributed by atoms with van der Waals surface area (Å²) in [7, 11) is 0. The van der Waals surface area contributed by atoms with E-state index in [0.29, 0.717) is 6.08 Å². The van der Waals surface area contributed by atoms with Crippen LogP contribution in [0.1, 0.15) is 20.8 Å². The molecule has 134 valence electrons. The highest BCUT2D eigenvalue weighted by Gasteiger charge is 2.75. The third-order valence-electron chi connectivity index (χ3n) is 3.87. The van der Waals surface area contributed by atoms with Crippen molar-refractivity contribution in [3.05, 3.63) is 11.8 Å². The fourth-order valence-corrected chi connectivity index (χ4v) is 2.36. The lowest BCUT2D eigenvalue weighted by molar-refractivity contribution is -0.350. The van der Waals surface area contributed by atoms with E-state index in [9.17, 15) is 35.5 Å². The third kappa shape index (κ3) is 3.12. The molecule has 0 aromatic carbocycles. The molecule has 1 N–H and O–H groups in total. The number of ether oxygens (including phenoxy) is 1. The van der Waals surface area contributed by atoms with E-state index in [1.165, 1.54) is 13.8 Å². The van der Waals surface area contributed by atoms with Crippen molar-refractivity contribution in [2.45, 2.75) is 38.8 Å². The van der Waals surface area contributed by atoms with Gasteiger partial charge in [0, 0.05) is 5.92 Å². The molecule has 0 radical (unpaired) electrons. The summed E-state index contributed by atoms with van der Waals surface area (Å²) in [5.41, 5.74) is -1.06. The number of hydrogen-bond acceptors (Lipinski definition) is 2. The first-order valence-electron chi connectivity index (χ1n) is 6.52. The highest BCUT2D eigenvalue weighted by Crippen LogP contribution is 2.60. The Bertz CT molecular complexity index is 508. The molecule has 0 heterocycles. The average molecular weight is 352 g/mol. The molecule has 10 heteroatoms. The predicted molar refractivity (Wildman–Crippen MR) is 64.1 cm³/mol. The topological polar surface area (TPSA) is 46.5 Å². The Hall–Kier alpha value is -1.48. The Morgan fingerprint density at radius 3 is 1.96 bits per heavy atom. The molecular weight excluding hydrogens is 337 g/mol. The van der Waals surface area contributed by atoms with Crippen molar-refractivity contribution < 1.29 is 45.4 Å². The van der Waals surface area contributed by atoms with Crippen LogP contribution in [0.5, 0.6) is 0 Å². The van der Waals surface area contributed by atoms with Crippen molar-refractivity contribution in [3.8, 4) is 0 Å². The van der Waals surface area contributed by atoms with Crippen LogP contribution in [-0.4, -0.2) is 35.7 Å². The second-order valence-corrected chi connectivity index (χ2v) is 5.77. The van der Waals surface area contributed by atoms with Crippen molar-refractivity contribution in [1.29, 1.82) is 0 Å². The molecule has 0 saturated heterocycles. The van der Waals surface area contributed by atoms with Crippen molar-refractivity contribution in [3.63, 3.8) is 0 Å². The van der Waals surface area contributed by atoms with Gasteiger partial charge in [0.1, 0.15) is 0 Å². The van der Waals surface area contributed by atoms with Crippen molar-refractivity contribution >= 4 is 5.97 Å². The van der Waals surface area contributed by atoms with E-state index in [1.54, 1.807) is 0 Å².